The van der Waals surface area contributed by atoms with E-state index in [2.05, 4.69) is 21.0 Å². The minimum Gasteiger partial charge on any atom is -0.275 e. The van der Waals surface area contributed by atoms with E-state index in [1.165, 1.54) is 17.9 Å². The molecule has 2 nitrogen and oxygen atoms in total. The predicted molar refractivity (Wildman–Crippen MR) is 61.3 cm³/mol. The summed E-state index contributed by atoms with van der Waals surface area (Å²) in [5.74, 6) is 0. The van der Waals surface area contributed by atoms with Gasteiger partial charge in [-0.05, 0) is 17.7 Å². The first-order chi connectivity index (χ1) is 7.88. The first-order valence-corrected chi connectivity index (χ1v) is 5.54. The Kier molecular flexibility index (Phi) is 2.99. The van der Waals surface area contributed by atoms with Crippen molar-refractivity contribution in [3.05, 3.63) is 40.6 Å². The van der Waals surface area contributed by atoms with E-state index in [4.69, 9.17) is 0 Å². The average molecular weight is 305 g/mol. The van der Waals surface area contributed by atoms with Gasteiger partial charge in [-0.2, -0.15) is 18.3 Å². The smallest absolute Gasteiger partial charge is 0.275 e. The second-order valence-corrected chi connectivity index (χ2v) is 4.49. The van der Waals surface area contributed by atoms with Gasteiger partial charge in [0.2, 0.25) is 0 Å². The Hall–Kier alpha value is -1.30. The molecule has 0 fully saturated rings. The molecule has 1 aromatic heterocycles. The maximum absolute atomic E-state index is 12.7. The second-order valence-electron chi connectivity index (χ2n) is 3.57. The standard InChI is InChI=1S/C11H8BrF3N2/c1-17-6-9(10(16-17)11(13,14)15)7-2-4-8(12)5-3-7/h2-6H,1H3. The zero-order valence-electron chi connectivity index (χ0n) is 8.79. The van der Waals surface area contributed by atoms with E-state index in [0.717, 1.165) is 4.47 Å². The predicted octanol–water partition coefficient (Wildman–Crippen LogP) is 3.87. The van der Waals surface area contributed by atoms with Crippen LogP contribution >= 0.6 is 15.9 Å². The number of aromatic nitrogens is 2. The molecule has 0 amide bonds. The van der Waals surface area contributed by atoms with E-state index in [-0.39, 0.29) is 5.56 Å². The molecular weight excluding hydrogens is 297 g/mol. The zero-order chi connectivity index (χ0) is 12.6. The van der Waals surface area contributed by atoms with Gasteiger partial charge in [0.15, 0.2) is 5.69 Å². The van der Waals surface area contributed by atoms with Crippen LogP contribution in [0.1, 0.15) is 5.69 Å². The van der Waals surface area contributed by atoms with E-state index >= 15 is 0 Å². The van der Waals surface area contributed by atoms with Gasteiger partial charge < -0.3 is 0 Å². The first kappa shape index (κ1) is 12.2. The third kappa shape index (κ3) is 2.52. The van der Waals surface area contributed by atoms with Crippen molar-refractivity contribution < 1.29 is 13.2 Å². The number of hydrogen-bond donors (Lipinski definition) is 0. The Bertz CT molecular complexity index is 529. The van der Waals surface area contributed by atoms with E-state index in [1.54, 1.807) is 24.3 Å². The van der Waals surface area contributed by atoms with Crippen molar-refractivity contribution in [2.24, 2.45) is 7.05 Å². The van der Waals surface area contributed by atoms with E-state index < -0.39 is 11.9 Å². The Morgan fingerprint density at radius 2 is 1.76 bits per heavy atom. The number of halogens is 4. The minimum atomic E-state index is -4.44. The molecule has 0 unspecified atom stereocenters. The molecule has 2 aromatic rings. The van der Waals surface area contributed by atoms with Gasteiger partial charge in [0.1, 0.15) is 0 Å². The molecule has 0 bridgehead atoms. The van der Waals surface area contributed by atoms with E-state index in [9.17, 15) is 13.2 Å². The molecule has 1 heterocycles. The Morgan fingerprint density at radius 3 is 2.29 bits per heavy atom. The molecule has 0 saturated carbocycles. The highest BCUT2D eigenvalue weighted by molar-refractivity contribution is 9.10. The van der Waals surface area contributed by atoms with Crippen molar-refractivity contribution in [3.8, 4) is 11.1 Å². The lowest BCUT2D eigenvalue weighted by molar-refractivity contribution is -0.140. The second kappa shape index (κ2) is 4.18. The van der Waals surface area contributed by atoms with Crippen molar-refractivity contribution in [3.63, 3.8) is 0 Å². The van der Waals surface area contributed by atoms with Crippen LogP contribution in [-0.4, -0.2) is 9.78 Å². The Balaban J connectivity index is 2.55. The molecule has 2 rings (SSSR count). The summed E-state index contributed by atoms with van der Waals surface area (Å²) in [5.41, 5.74) is -0.275. The summed E-state index contributed by atoms with van der Waals surface area (Å²) in [4.78, 5) is 0. The number of hydrogen-bond acceptors (Lipinski definition) is 1. The average Bonchev–Trinajstić information content (AvgIpc) is 2.61. The van der Waals surface area contributed by atoms with Crippen LogP contribution in [0.5, 0.6) is 0 Å². The number of alkyl halides is 3. The number of aryl methyl sites for hydroxylation is 1. The summed E-state index contributed by atoms with van der Waals surface area (Å²) in [5, 5.41) is 3.46. The molecule has 0 aliphatic heterocycles. The van der Waals surface area contributed by atoms with Gasteiger partial charge in [-0.15, -0.1) is 0 Å². The Labute approximate surface area is 104 Å². The fourth-order valence-electron chi connectivity index (χ4n) is 1.54. The van der Waals surface area contributed by atoms with Crippen LogP contribution in [-0.2, 0) is 13.2 Å². The van der Waals surface area contributed by atoms with Gasteiger partial charge in [-0.1, -0.05) is 28.1 Å². The summed E-state index contributed by atoms with van der Waals surface area (Å²) < 4.78 is 40.2. The molecule has 0 aliphatic rings. The quantitative estimate of drug-likeness (QED) is 0.782. The maximum Gasteiger partial charge on any atom is 0.435 e. The first-order valence-electron chi connectivity index (χ1n) is 4.74. The van der Waals surface area contributed by atoms with Gasteiger partial charge in [0.25, 0.3) is 0 Å². The van der Waals surface area contributed by atoms with Crippen LogP contribution in [0.3, 0.4) is 0 Å². The molecule has 0 radical (unpaired) electrons. The maximum atomic E-state index is 12.7. The lowest BCUT2D eigenvalue weighted by Gasteiger charge is -2.05. The highest BCUT2D eigenvalue weighted by atomic mass is 79.9. The van der Waals surface area contributed by atoms with Gasteiger partial charge in [-0.3, -0.25) is 4.68 Å². The largest absolute Gasteiger partial charge is 0.435 e. The Morgan fingerprint density at radius 1 is 1.18 bits per heavy atom. The van der Waals surface area contributed by atoms with Crippen LogP contribution in [0.25, 0.3) is 11.1 Å². The van der Waals surface area contributed by atoms with Crippen molar-refractivity contribution in [2.75, 3.05) is 0 Å². The molecule has 17 heavy (non-hydrogen) atoms. The normalized spacial score (nSPS) is 11.8. The third-order valence-electron chi connectivity index (χ3n) is 2.25. The summed E-state index contributed by atoms with van der Waals surface area (Å²) in [6.45, 7) is 0. The molecule has 6 heteroatoms. The molecule has 0 N–H and O–H groups in total. The number of rotatable bonds is 1. The molecule has 1 aromatic carbocycles. The van der Waals surface area contributed by atoms with Crippen LogP contribution in [0, 0.1) is 0 Å². The molecule has 0 spiro atoms. The molecule has 0 atom stereocenters. The van der Waals surface area contributed by atoms with Gasteiger partial charge >= 0.3 is 6.18 Å². The van der Waals surface area contributed by atoms with Crippen molar-refractivity contribution in [1.29, 1.82) is 0 Å². The molecule has 0 saturated heterocycles. The molecule has 0 aliphatic carbocycles. The van der Waals surface area contributed by atoms with Gasteiger partial charge in [0.05, 0.1) is 0 Å². The van der Waals surface area contributed by atoms with Crippen LogP contribution < -0.4 is 0 Å². The lowest BCUT2D eigenvalue weighted by atomic mass is 10.1. The van der Waals surface area contributed by atoms with E-state index in [1.807, 2.05) is 0 Å². The highest BCUT2D eigenvalue weighted by Gasteiger charge is 2.37. The van der Waals surface area contributed by atoms with Crippen molar-refractivity contribution in [2.45, 2.75) is 6.18 Å². The summed E-state index contributed by atoms with van der Waals surface area (Å²) in [6, 6.07) is 6.64. The van der Waals surface area contributed by atoms with Crippen LogP contribution in [0.15, 0.2) is 34.9 Å². The minimum absolute atomic E-state index is 0.0903. The highest BCUT2D eigenvalue weighted by Crippen LogP contribution is 2.36. The molecule has 90 valence electrons. The SMILES string of the molecule is Cn1cc(-c2ccc(Br)cc2)c(C(F)(F)F)n1. The van der Waals surface area contributed by atoms with Crippen LogP contribution in [0.4, 0.5) is 13.2 Å². The summed E-state index contributed by atoms with van der Waals surface area (Å²) >= 11 is 3.24. The van der Waals surface area contributed by atoms with E-state index in [0.29, 0.717) is 5.56 Å². The van der Waals surface area contributed by atoms with Gasteiger partial charge in [0, 0.05) is 23.3 Å². The van der Waals surface area contributed by atoms with Crippen molar-refractivity contribution in [1.82, 2.24) is 9.78 Å². The summed E-state index contributed by atoms with van der Waals surface area (Å²) in [7, 11) is 1.47. The zero-order valence-corrected chi connectivity index (χ0v) is 10.4. The van der Waals surface area contributed by atoms with Crippen molar-refractivity contribution >= 4 is 15.9 Å². The number of benzene rings is 1. The monoisotopic (exact) mass is 304 g/mol. The van der Waals surface area contributed by atoms with Crippen LogP contribution in [0.2, 0.25) is 0 Å². The molecular formula is C11H8BrF3N2. The fraction of sp³-hybridized carbons (Fsp3) is 0.182. The lowest BCUT2D eigenvalue weighted by Crippen LogP contribution is -2.08. The van der Waals surface area contributed by atoms with Gasteiger partial charge in [-0.25, -0.2) is 0 Å². The third-order valence-corrected chi connectivity index (χ3v) is 2.78. The number of nitrogens with zero attached hydrogens (tertiary/aromatic N) is 2. The fourth-order valence-corrected chi connectivity index (χ4v) is 1.80. The topological polar surface area (TPSA) is 17.8 Å². The summed E-state index contributed by atoms with van der Waals surface area (Å²) in [6.07, 6.45) is -3.07.